The largest absolute Gasteiger partial charge is 0.478 e. The Kier molecular flexibility index (Phi) is 23.7. The summed E-state index contributed by atoms with van der Waals surface area (Å²) < 4.78 is 96.4. The van der Waals surface area contributed by atoms with Gasteiger partial charge in [-0.2, -0.15) is 12.9 Å². The van der Waals surface area contributed by atoms with Gasteiger partial charge >= 0.3 is 5.97 Å². The highest BCUT2D eigenvalue weighted by Crippen LogP contribution is 2.56. The van der Waals surface area contributed by atoms with E-state index in [1.165, 1.54) is 89.3 Å². The number of benzene rings is 5. The molecule has 23 nitrogen and oxygen atoms in total. The Morgan fingerprint density at radius 3 is 1.26 bits per heavy atom. The second-order valence-corrected chi connectivity index (χ2v) is 32.7. The monoisotopic (exact) mass is 1390 g/mol. The molecule has 0 unspecified atom stereocenters. The van der Waals surface area contributed by atoms with Crippen molar-refractivity contribution >= 4 is 65.3 Å². The summed E-state index contributed by atoms with van der Waals surface area (Å²) in [7, 11) is -10.7. The van der Waals surface area contributed by atoms with E-state index in [9.17, 15) is 54.0 Å². The van der Waals surface area contributed by atoms with E-state index in [-0.39, 0.29) is 110 Å². The zero-order valence-electron chi connectivity index (χ0n) is 54.9. The summed E-state index contributed by atoms with van der Waals surface area (Å²) >= 11 is 0. The van der Waals surface area contributed by atoms with Crippen LogP contribution in [0.25, 0.3) is 0 Å². The molecule has 3 atom stereocenters. The van der Waals surface area contributed by atoms with E-state index in [4.69, 9.17) is 25.1 Å². The maximum atomic E-state index is 13.4. The standard InChI is InChI=1S/C25H29N3O5S.C18H22N2O5S.C12H13NO4S.C8H11N.C7H12O2.CH4/c1-18-5-7-19(8-6-18)14-26-23(29)22-15-33-12-11-28(22)24(30)20-3-2-4-21(13-20)34(31,32)27-16-25(17-27)9-10-25;1-13(21)16-10-25-8-7-20(16)17(22)14-3-2-4-15(9-14)26(23,24)19-11-18(12-19)5-6-18;14-11(15)9-2-1-3-10(6-9)18(16,17)13-7-12(8-13)4-5-12;1-7-2-4-8(6-9)5-3-7;1-6(8)7-3-2-4-9-5-7;/h2-8,13,22H,9-12,14-17H2,1H3,(H,26,29);2-4,9,16H,5-8,10-12H2,1H3;1-3,6H,4-5,7-8H2,(H,14,15);2-5H,6,9H2,1H3;7H,2-5H2,1H3;1H4/t22-;16-;;;7-;/m11..1./s1. The fourth-order valence-electron chi connectivity index (χ4n) is 12.3. The number of Topliss-reactive ketones (excluding diaryl/α,β-unsaturated/α-hetero) is 2. The number of carboxylic acids is 1. The average Bonchev–Trinajstić information content (AvgIpc) is 1.60. The number of aromatic carboxylic acids is 1. The van der Waals surface area contributed by atoms with Gasteiger partial charge in [0.15, 0.2) is 5.78 Å². The van der Waals surface area contributed by atoms with Crippen LogP contribution in [0.1, 0.15) is 126 Å². The number of nitrogens with one attached hydrogen (secondary N) is 1. The van der Waals surface area contributed by atoms with Crippen molar-refractivity contribution in [2.75, 3.05) is 92.0 Å². The summed E-state index contributed by atoms with van der Waals surface area (Å²) in [4.78, 5) is 75.8. The number of carbonyl (C=O) groups is 6. The van der Waals surface area contributed by atoms with Gasteiger partial charge in [-0.1, -0.05) is 85.3 Å². The third-order valence-electron chi connectivity index (χ3n) is 19.3. The van der Waals surface area contributed by atoms with Gasteiger partial charge in [0.05, 0.1) is 53.3 Å². The highest BCUT2D eigenvalue weighted by Gasteiger charge is 2.58. The quantitative estimate of drug-likeness (QED) is 0.0941. The van der Waals surface area contributed by atoms with Gasteiger partial charge in [0.1, 0.15) is 17.9 Å². The smallest absolute Gasteiger partial charge is 0.335 e. The van der Waals surface area contributed by atoms with Crippen LogP contribution in [0.15, 0.2) is 136 Å². The molecule has 14 rings (SSSR count). The number of ether oxygens (including phenoxy) is 3. The van der Waals surface area contributed by atoms with Crippen molar-refractivity contribution in [3.63, 3.8) is 0 Å². The van der Waals surface area contributed by atoms with Crippen molar-refractivity contribution in [2.45, 2.75) is 126 Å². The summed E-state index contributed by atoms with van der Waals surface area (Å²) in [6.45, 7) is 14.5. The zero-order valence-corrected chi connectivity index (χ0v) is 57.3. The normalized spacial score (nSPS) is 21.8. The van der Waals surface area contributed by atoms with Crippen LogP contribution in [0.4, 0.5) is 0 Å². The predicted octanol–water partition coefficient (Wildman–Crippen LogP) is 7.10. The summed E-state index contributed by atoms with van der Waals surface area (Å²) in [5.74, 6) is -1.81. The first-order valence-corrected chi connectivity index (χ1v) is 37.0. The van der Waals surface area contributed by atoms with Crippen LogP contribution in [0.3, 0.4) is 0 Å². The van der Waals surface area contributed by atoms with Gasteiger partial charge in [-0.3, -0.25) is 24.0 Å². The maximum absolute atomic E-state index is 13.4. The first kappa shape index (κ1) is 74.1. The Bertz CT molecular complexity index is 4020. The molecular weight excluding hydrogens is 1300 g/mol. The van der Waals surface area contributed by atoms with Crippen molar-refractivity contribution in [1.29, 1.82) is 0 Å². The Hall–Kier alpha value is -7.11. The van der Waals surface area contributed by atoms with Crippen molar-refractivity contribution in [2.24, 2.45) is 27.9 Å². The molecule has 3 amide bonds. The van der Waals surface area contributed by atoms with Crippen molar-refractivity contribution < 1.29 is 73.3 Å². The molecule has 0 aromatic heterocycles. The molecule has 3 saturated carbocycles. The van der Waals surface area contributed by atoms with E-state index in [1.807, 2.05) is 31.2 Å². The lowest BCUT2D eigenvalue weighted by atomic mass is 9.99. The Balaban J connectivity index is 0.000000154. The zero-order chi connectivity index (χ0) is 68.8. The lowest BCUT2D eigenvalue weighted by Gasteiger charge is -2.38. The van der Waals surface area contributed by atoms with Gasteiger partial charge in [0, 0.05) is 89.1 Å². The van der Waals surface area contributed by atoms with E-state index >= 15 is 0 Å². The summed E-state index contributed by atoms with van der Waals surface area (Å²) in [6, 6.07) is 32.4. The highest BCUT2D eigenvalue weighted by molar-refractivity contribution is 7.89. The minimum absolute atomic E-state index is 0. The highest BCUT2D eigenvalue weighted by atomic mass is 32.2. The number of carbonyl (C=O) groups excluding carboxylic acids is 5. The maximum Gasteiger partial charge on any atom is 0.335 e. The molecule has 6 heterocycles. The molecule has 0 radical (unpaired) electrons. The lowest BCUT2D eigenvalue weighted by molar-refractivity contribution is -0.131. The number of amides is 3. The van der Waals surface area contributed by atoms with Gasteiger partial charge < -0.3 is 40.2 Å². The second kappa shape index (κ2) is 31.0. The van der Waals surface area contributed by atoms with Crippen LogP contribution in [0, 0.1) is 36.0 Å². The molecule has 0 bridgehead atoms. The number of nitrogens with zero attached hydrogens (tertiary/aromatic N) is 5. The molecule has 5 aromatic carbocycles. The molecule has 97 heavy (non-hydrogen) atoms. The summed E-state index contributed by atoms with van der Waals surface area (Å²) in [6.07, 6.45) is 8.65. The molecule has 3 aliphatic carbocycles. The van der Waals surface area contributed by atoms with Gasteiger partial charge in [-0.05, 0) is 161 Å². The molecule has 9 aliphatic rings. The lowest BCUT2D eigenvalue weighted by Crippen LogP contribution is -2.55. The van der Waals surface area contributed by atoms with E-state index in [0.717, 1.165) is 69.1 Å². The topological polar surface area (TPSA) is 307 Å². The number of nitrogens with two attached hydrogens (primary N) is 1. The van der Waals surface area contributed by atoms with Crippen LogP contribution in [0.2, 0.25) is 0 Å². The van der Waals surface area contributed by atoms with E-state index in [0.29, 0.717) is 78.7 Å². The Morgan fingerprint density at radius 1 is 0.515 bits per heavy atom. The van der Waals surface area contributed by atoms with Crippen LogP contribution >= 0.6 is 0 Å². The Labute approximate surface area is 570 Å². The fraction of sp³-hybridized carbons (Fsp3) is 0.493. The molecule has 6 saturated heterocycles. The third kappa shape index (κ3) is 18.0. The number of morpholine rings is 2. The third-order valence-corrected chi connectivity index (χ3v) is 24.7. The molecule has 3 spiro atoms. The average molecular weight is 1390 g/mol. The summed E-state index contributed by atoms with van der Waals surface area (Å²) in [5.41, 5.74) is 11.2. The number of hydrogen-bond donors (Lipinski definition) is 3. The van der Waals surface area contributed by atoms with E-state index in [1.54, 1.807) is 31.2 Å². The number of hydrogen-bond acceptors (Lipinski definition) is 16. The number of aryl methyl sites for hydroxylation is 2. The minimum atomic E-state index is -3.63. The number of sulfonamides is 3. The molecule has 6 aliphatic heterocycles. The van der Waals surface area contributed by atoms with Gasteiger partial charge in [0.25, 0.3) is 11.8 Å². The fourth-order valence-corrected chi connectivity index (χ4v) is 17.4. The minimum Gasteiger partial charge on any atom is -0.478 e. The van der Waals surface area contributed by atoms with Gasteiger partial charge in [-0.25, -0.2) is 30.0 Å². The predicted molar refractivity (Wildman–Crippen MR) is 363 cm³/mol. The molecule has 9 fully saturated rings. The van der Waals surface area contributed by atoms with Crippen molar-refractivity contribution in [3.05, 3.63) is 160 Å². The van der Waals surface area contributed by atoms with Crippen LogP contribution in [0.5, 0.6) is 0 Å². The summed E-state index contributed by atoms with van der Waals surface area (Å²) in [5, 5.41) is 11.8. The molecule has 5 aromatic rings. The number of rotatable bonds is 15. The first-order valence-electron chi connectivity index (χ1n) is 32.7. The second-order valence-electron chi connectivity index (χ2n) is 26.9. The van der Waals surface area contributed by atoms with Gasteiger partial charge in [-0.15, -0.1) is 0 Å². The molecule has 26 heteroatoms. The molecular formula is C71H91N7O16S3. The van der Waals surface area contributed by atoms with E-state index < -0.39 is 48.1 Å². The van der Waals surface area contributed by atoms with Crippen LogP contribution in [-0.2, 0) is 71.8 Å². The Morgan fingerprint density at radius 2 is 0.897 bits per heavy atom. The molecule has 524 valence electrons. The number of ketones is 2. The van der Waals surface area contributed by atoms with E-state index in [2.05, 4.69) is 36.5 Å². The first-order chi connectivity index (χ1) is 45.7. The van der Waals surface area contributed by atoms with Crippen LogP contribution in [-0.4, -0.2) is 192 Å². The van der Waals surface area contributed by atoms with Crippen LogP contribution < -0.4 is 11.1 Å². The molecule has 4 N–H and O–H groups in total. The van der Waals surface area contributed by atoms with Crippen molar-refractivity contribution in [1.82, 2.24) is 28.0 Å². The van der Waals surface area contributed by atoms with Crippen molar-refractivity contribution in [3.8, 4) is 0 Å². The van der Waals surface area contributed by atoms with Gasteiger partial charge in [0.2, 0.25) is 36.0 Å². The number of carboxylic acid groups (broad SMARTS) is 1. The SMILES string of the molecule is C.CC(=O)[C@@H]1CCCOC1.CC(=O)[C@H]1COCCN1C(=O)c1cccc(S(=O)(=O)N2CC3(CC3)C2)c1.Cc1ccc(CN)cc1.Cc1ccc(CNC(=O)[C@H]2COCCN2C(=O)c2cccc(S(=O)(=O)N3CC4(CC4)C3)c2)cc1.O=C(O)c1cccc(S(=O)(=O)N2CC3(CC3)C2)c1.